The monoisotopic (exact) mass is 654 g/mol. The van der Waals surface area contributed by atoms with Gasteiger partial charge >= 0.3 is 0 Å². The van der Waals surface area contributed by atoms with Gasteiger partial charge in [0.15, 0.2) is 6.61 Å². The van der Waals surface area contributed by atoms with Gasteiger partial charge < -0.3 is 10.1 Å². The van der Waals surface area contributed by atoms with Gasteiger partial charge in [-0.2, -0.15) is 9.41 Å². The molecule has 9 nitrogen and oxygen atoms in total. The molecule has 0 heterocycles. The number of nitrogens with zero attached hydrogens (tertiary/aromatic N) is 2. The number of benzene rings is 3. The van der Waals surface area contributed by atoms with Crippen molar-refractivity contribution in [3.8, 4) is 5.75 Å². The van der Waals surface area contributed by atoms with E-state index in [9.17, 15) is 18.0 Å². The average molecular weight is 656 g/mol. The van der Waals surface area contributed by atoms with Crippen LogP contribution >= 0.6 is 15.9 Å². The third-order valence-corrected chi connectivity index (χ3v) is 9.28. The maximum Gasteiger partial charge on any atom is 0.258 e. The highest BCUT2D eigenvalue weighted by Crippen LogP contribution is 2.20. The Bertz CT molecular complexity index is 1440. The molecule has 0 aliphatic heterocycles. The van der Waals surface area contributed by atoms with Crippen molar-refractivity contribution in [1.82, 2.24) is 15.0 Å². The van der Waals surface area contributed by atoms with E-state index in [4.69, 9.17) is 4.74 Å². The summed E-state index contributed by atoms with van der Waals surface area (Å²) in [5.74, 6) is -0.152. The summed E-state index contributed by atoms with van der Waals surface area (Å²) in [6.45, 7) is -0.318. The number of amides is 2. The third kappa shape index (κ3) is 9.78. The van der Waals surface area contributed by atoms with Crippen molar-refractivity contribution >= 4 is 44.0 Å². The fourth-order valence-electron chi connectivity index (χ4n) is 4.63. The summed E-state index contributed by atoms with van der Waals surface area (Å²) in [6.07, 6.45) is 7.45. The normalized spacial score (nSPS) is 14.1. The Labute approximate surface area is 255 Å². The maximum atomic E-state index is 13.4. The lowest BCUT2D eigenvalue weighted by Crippen LogP contribution is -2.40. The summed E-state index contributed by atoms with van der Waals surface area (Å²) < 4.78 is 34.3. The van der Waals surface area contributed by atoms with E-state index < -0.39 is 22.5 Å². The van der Waals surface area contributed by atoms with E-state index in [-0.39, 0.29) is 30.0 Å². The van der Waals surface area contributed by atoms with Gasteiger partial charge in [-0.3, -0.25) is 9.59 Å². The van der Waals surface area contributed by atoms with Crippen LogP contribution in [-0.2, 0) is 26.0 Å². The zero-order valence-corrected chi connectivity index (χ0v) is 25.6. The number of carbonyl (C=O) groups excluding carboxylic acids is 2. The number of hydrazone groups is 1. The summed E-state index contributed by atoms with van der Waals surface area (Å²) in [5, 5.41) is 7.01. The number of nitrogens with one attached hydrogen (secondary N) is 2. The van der Waals surface area contributed by atoms with Crippen LogP contribution in [0.3, 0.4) is 0 Å². The Kier molecular flexibility index (Phi) is 11.7. The first kappa shape index (κ1) is 31.4. The molecule has 3 aromatic carbocycles. The minimum absolute atomic E-state index is 0.0517. The van der Waals surface area contributed by atoms with Crippen LogP contribution < -0.4 is 15.5 Å². The second kappa shape index (κ2) is 15.6. The first-order chi connectivity index (χ1) is 20.3. The highest BCUT2D eigenvalue weighted by Gasteiger charge is 2.26. The van der Waals surface area contributed by atoms with Gasteiger partial charge in [-0.05, 0) is 78.9 Å². The van der Waals surface area contributed by atoms with Crippen molar-refractivity contribution in [2.45, 2.75) is 49.5 Å². The topological polar surface area (TPSA) is 117 Å². The number of ether oxygens (including phenoxy) is 1. The molecule has 3 aromatic rings. The zero-order chi connectivity index (χ0) is 29.8. The minimum atomic E-state index is -3.93. The van der Waals surface area contributed by atoms with Crippen LogP contribution in [-0.4, -0.2) is 56.5 Å². The summed E-state index contributed by atoms with van der Waals surface area (Å²) >= 11 is 3.32. The van der Waals surface area contributed by atoms with E-state index >= 15 is 0 Å². The maximum absolute atomic E-state index is 13.4. The van der Waals surface area contributed by atoms with Crippen LogP contribution in [0.15, 0.2) is 93.3 Å². The lowest BCUT2D eigenvalue weighted by molar-refractivity contribution is -0.124. The van der Waals surface area contributed by atoms with Gasteiger partial charge in [-0.1, -0.05) is 65.5 Å². The molecule has 0 radical (unpaired) electrons. The third-order valence-electron chi connectivity index (χ3n) is 6.89. The molecule has 2 amide bonds. The summed E-state index contributed by atoms with van der Waals surface area (Å²) in [6, 6.07) is 22.9. The second-order valence-electron chi connectivity index (χ2n) is 10.1. The largest absolute Gasteiger partial charge is 0.484 e. The molecule has 0 unspecified atom stereocenters. The Morgan fingerprint density at radius 2 is 1.62 bits per heavy atom. The fourth-order valence-corrected chi connectivity index (χ4v) is 6.29. The molecule has 0 aromatic heterocycles. The average Bonchev–Trinajstić information content (AvgIpc) is 3.00. The lowest BCUT2D eigenvalue weighted by Gasteiger charge is -2.22. The van der Waals surface area contributed by atoms with Gasteiger partial charge in [0, 0.05) is 17.1 Å². The van der Waals surface area contributed by atoms with Crippen LogP contribution in [0.4, 0.5) is 0 Å². The predicted octanol–water partition coefficient (Wildman–Crippen LogP) is 4.66. The Hall–Kier alpha value is -3.54. The van der Waals surface area contributed by atoms with Gasteiger partial charge in [0.25, 0.3) is 11.8 Å². The van der Waals surface area contributed by atoms with Crippen molar-refractivity contribution < 1.29 is 22.7 Å². The zero-order valence-electron chi connectivity index (χ0n) is 23.2. The number of sulfonamides is 1. The number of hydrogen-bond acceptors (Lipinski definition) is 6. The molecule has 2 N–H and O–H groups in total. The standard InChI is InChI=1S/C31H35BrN4O5S/c32-26-13-17-29(18-14-26)42(39,40)36(20-19-24-7-3-1-4-8-24)22-30(37)35-33-21-25-11-15-28(16-12-25)41-23-31(38)34-27-9-5-2-6-10-27/h1,3-4,7-8,11-18,21,27H,2,5-6,9-10,19-20,22-23H2,(H,34,38)(H,35,37)/b33-21+. The van der Waals surface area contributed by atoms with Crippen molar-refractivity contribution in [3.05, 3.63) is 94.5 Å². The SMILES string of the molecule is O=C(CN(CCc1ccccc1)S(=O)(=O)c1ccc(Br)cc1)N/N=C/c1ccc(OCC(=O)NC2CCCCC2)cc1. The van der Waals surface area contributed by atoms with Crippen molar-refractivity contribution in [2.75, 3.05) is 19.7 Å². The van der Waals surface area contributed by atoms with Crippen LogP contribution in [0.25, 0.3) is 0 Å². The molecule has 1 saturated carbocycles. The fraction of sp³-hybridized carbons (Fsp3) is 0.323. The van der Waals surface area contributed by atoms with Gasteiger partial charge in [0.2, 0.25) is 10.0 Å². The van der Waals surface area contributed by atoms with Crippen molar-refractivity contribution in [3.63, 3.8) is 0 Å². The van der Waals surface area contributed by atoms with Gasteiger partial charge in [-0.25, -0.2) is 13.8 Å². The van der Waals surface area contributed by atoms with Crippen LogP contribution in [0.5, 0.6) is 5.75 Å². The molecule has 0 bridgehead atoms. The number of halogens is 1. The smallest absolute Gasteiger partial charge is 0.258 e. The van der Waals surface area contributed by atoms with E-state index in [1.54, 1.807) is 36.4 Å². The molecule has 0 atom stereocenters. The van der Waals surface area contributed by atoms with E-state index in [1.165, 1.54) is 24.8 Å². The molecule has 0 saturated heterocycles. The lowest BCUT2D eigenvalue weighted by atomic mass is 9.95. The number of rotatable bonds is 13. The molecule has 1 aliphatic rings. The van der Waals surface area contributed by atoms with Crippen LogP contribution in [0, 0.1) is 0 Å². The second-order valence-corrected chi connectivity index (χ2v) is 12.9. The molecule has 0 spiro atoms. The molecule has 42 heavy (non-hydrogen) atoms. The van der Waals surface area contributed by atoms with Crippen molar-refractivity contribution in [2.24, 2.45) is 5.10 Å². The van der Waals surface area contributed by atoms with E-state index in [0.29, 0.717) is 17.7 Å². The van der Waals surface area contributed by atoms with Crippen molar-refractivity contribution in [1.29, 1.82) is 0 Å². The molecule has 1 aliphatic carbocycles. The minimum Gasteiger partial charge on any atom is -0.484 e. The number of carbonyl (C=O) groups is 2. The van der Waals surface area contributed by atoms with Crippen LogP contribution in [0.2, 0.25) is 0 Å². The number of hydrogen-bond donors (Lipinski definition) is 2. The molecule has 4 rings (SSSR count). The molecule has 222 valence electrons. The Balaban J connectivity index is 1.30. The van der Waals surface area contributed by atoms with Gasteiger partial charge in [0.1, 0.15) is 5.75 Å². The molecular weight excluding hydrogens is 620 g/mol. The quantitative estimate of drug-likeness (QED) is 0.205. The Morgan fingerprint density at radius 3 is 2.31 bits per heavy atom. The highest BCUT2D eigenvalue weighted by molar-refractivity contribution is 9.10. The van der Waals surface area contributed by atoms with Crippen LogP contribution in [0.1, 0.15) is 43.2 Å². The molecule has 11 heteroatoms. The van der Waals surface area contributed by atoms with E-state index in [1.807, 2.05) is 30.3 Å². The van der Waals surface area contributed by atoms with Gasteiger partial charge in [-0.15, -0.1) is 0 Å². The van der Waals surface area contributed by atoms with E-state index in [2.05, 4.69) is 31.8 Å². The Morgan fingerprint density at radius 1 is 0.929 bits per heavy atom. The van der Waals surface area contributed by atoms with Gasteiger partial charge in [0.05, 0.1) is 17.7 Å². The summed E-state index contributed by atoms with van der Waals surface area (Å²) in [4.78, 5) is 25.0. The molecular formula is C31H35BrN4O5S. The first-order valence-electron chi connectivity index (χ1n) is 13.9. The first-order valence-corrected chi connectivity index (χ1v) is 16.2. The molecule has 1 fully saturated rings. The predicted molar refractivity (Wildman–Crippen MR) is 166 cm³/mol. The van der Waals surface area contributed by atoms with E-state index in [0.717, 1.165) is 40.0 Å². The summed E-state index contributed by atoms with van der Waals surface area (Å²) in [7, 11) is -3.93. The highest BCUT2D eigenvalue weighted by atomic mass is 79.9. The summed E-state index contributed by atoms with van der Waals surface area (Å²) in [5.41, 5.74) is 4.07.